The number of hydrogen-bond acceptors (Lipinski definition) is 2. The third-order valence-corrected chi connectivity index (χ3v) is 4.24. The molecule has 106 valence electrons. The van der Waals surface area contributed by atoms with Crippen LogP contribution in [0.5, 0.6) is 0 Å². The van der Waals surface area contributed by atoms with Gasteiger partial charge in [-0.05, 0) is 32.3 Å². The largest absolute Gasteiger partial charge is 0.311 e. The topological polar surface area (TPSA) is 15.3 Å². The molecule has 0 bridgehead atoms. The lowest BCUT2D eigenvalue weighted by atomic mass is 9.98. The predicted octanol–water partition coefficient (Wildman–Crippen LogP) is 3.08. The predicted molar refractivity (Wildman–Crippen MR) is 82.5 cm³/mol. The van der Waals surface area contributed by atoms with Gasteiger partial charge in [0.1, 0.15) is 0 Å². The van der Waals surface area contributed by atoms with Crippen molar-refractivity contribution in [2.75, 3.05) is 13.1 Å². The fraction of sp³-hybridized carbons (Fsp3) is 0.647. The number of nitrogens with zero attached hydrogens (tertiary/aromatic N) is 1. The minimum Gasteiger partial charge on any atom is -0.311 e. The van der Waals surface area contributed by atoms with E-state index in [1.807, 2.05) is 0 Å². The van der Waals surface area contributed by atoms with E-state index in [1.165, 1.54) is 24.9 Å². The molecule has 1 aromatic rings. The molecule has 1 aromatic carbocycles. The zero-order valence-electron chi connectivity index (χ0n) is 12.6. The molecule has 0 amide bonds. The zero-order valence-corrected chi connectivity index (χ0v) is 12.6. The summed E-state index contributed by atoms with van der Waals surface area (Å²) < 4.78 is 0. The van der Waals surface area contributed by atoms with Gasteiger partial charge in [-0.25, -0.2) is 0 Å². The van der Waals surface area contributed by atoms with Crippen LogP contribution in [0.3, 0.4) is 0 Å². The van der Waals surface area contributed by atoms with Crippen molar-refractivity contribution in [1.82, 2.24) is 10.2 Å². The van der Waals surface area contributed by atoms with Gasteiger partial charge in [0.15, 0.2) is 0 Å². The van der Waals surface area contributed by atoms with Crippen LogP contribution < -0.4 is 5.32 Å². The molecule has 1 N–H and O–H groups in total. The van der Waals surface area contributed by atoms with Crippen LogP contribution in [0.4, 0.5) is 0 Å². The molecule has 0 spiro atoms. The monoisotopic (exact) mass is 260 g/mol. The Morgan fingerprint density at radius 3 is 2.74 bits per heavy atom. The van der Waals surface area contributed by atoms with E-state index in [0.717, 1.165) is 13.0 Å². The molecule has 0 aliphatic carbocycles. The van der Waals surface area contributed by atoms with Gasteiger partial charge in [-0.2, -0.15) is 0 Å². The molecule has 1 aliphatic rings. The molecule has 1 saturated heterocycles. The summed E-state index contributed by atoms with van der Waals surface area (Å²) in [6.07, 6.45) is 3.74. The molecule has 1 aliphatic heterocycles. The number of rotatable bonds is 5. The van der Waals surface area contributed by atoms with E-state index in [9.17, 15) is 0 Å². The smallest absolute Gasteiger partial charge is 0.0264 e. The highest BCUT2D eigenvalue weighted by Crippen LogP contribution is 2.18. The van der Waals surface area contributed by atoms with Crippen LogP contribution in [0.15, 0.2) is 30.3 Å². The second-order valence-electron chi connectivity index (χ2n) is 5.99. The quantitative estimate of drug-likeness (QED) is 0.875. The lowest BCUT2D eigenvalue weighted by molar-refractivity contribution is 0.0882. The van der Waals surface area contributed by atoms with Crippen LogP contribution in [0.1, 0.15) is 39.2 Å². The molecule has 2 heteroatoms. The Kier molecular flexibility index (Phi) is 5.41. The molecule has 0 aromatic heterocycles. The Morgan fingerprint density at radius 2 is 2.05 bits per heavy atom. The molecule has 2 rings (SSSR count). The van der Waals surface area contributed by atoms with Crippen LogP contribution in [0.2, 0.25) is 0 Å². The van der Waals surface area contributed by atoms with Crippen molar-refractivity contribution in [2.24, 2.45) is 0 Å². The van der Waals surface area contributed by atoms with Gasteiger partial charge in [-0.15, -0.1) is 0 Å². The Bertz CT molecular complexity index is 363. The summed E-state index contributed by atoms with van der Waals surface area (Å²) in [6, 6.07) is 12.8. The maximum Gasteiger partial charge on any atom is 0.0264 e. The van der Waals surface area contributed by atoms with Gasteiger partial charge in [0, 0.05) is 31.2 Å². The Hall–Kier alpha value is -0.860. The average molecular weight is 260 g/mol. The van der Waals surface area contributed by atoms with E-state index in [0.29, 0.717) is 18.1 Å². The Labute approximate surface area is 118 Å². The SMILES string of the molecule is CCCC(C)N1CC(C)NCC1Cc1ccccc1. The Morgan fingerprint density at radius 1 is 1.32 bits per heavy atom. The first-order chi connectivity index (χ1) is 9.20. The summed E-state index contributed by atoms with van der Waals surface area (Å²) in [4.78, 5) is 2.72. The minimum atomic E-state index is 0.617. The van der Waals surface area contributed by atoms with Gasteiger partial charge in [0.05, 0.1) is 0 Å². The summed E-state index contributed by atoms with van der Waals surface area (Å²) in [5.74, 6) is 0. The summed E-state index contributed by atoms with van der Waals surface area (Å²) in [5, 5.41) is 3.64. The van der Waals surface area contributed by atoms with E-state index < -0.39 is 0 Å². The molecular weight excluding hydrogens is 232 g/mol. The van der Waals surface area contributed by atoms with Crippen molar-refractivity contribution < 1.29 is 0 Å². The van der Waals surface area contributed by atoms with Gasteiger partial charge >= 0.3 is 0 Å². The van der Waals surface area contributed by atoms with E-state index in [4.69, 9.17) is 0 Å². The van der Waals surface area contributed by atoms with E-state index in [-0.39, 0.29) is 0 Å². The molecule has 0 saturated carbocycles. The van der Waals surface area contributed by atoms with Crippen LogP contribution in [0, 0.1) is 0 Å². The average Bonchev–Trinajstić information content (AvgIpc) is 2.42. The van der Waals surface area contributed by atoms with Crippen molar-refractivity contribution >= 4 is 0 Å². The molecule has 1 fully saturated rings. The summed E-state index contributed by atoms with van der Waals surface area (Å²) in [7, 11) is 0. The van der Waals surface area contributed by atoms with Gasteiger partial charge in [-0.3, -0.25) is 4.90 Å². The van der Waals surface area contributed by atoms with Crippen molar-refractivity contribution in [3.63, 3.8) is 0 Å². The second-order valence-corrected chi connectivity index (χ2v) is 5.99. The first-order valence-electron chi connectivity index (χ1n) is 7.73. The van der Waals surface area contributed by atoms with Gasteiger partial charge in [-0.1, -0.05) is 43.7 Å². The third kappa shape index (κ3) is 4.05. The summed E-state index contributed by atoms with van der Waals surface area (Å²) in [5.41, 5.74) is 1.46. The number of piperazine rings is 1. The minimum absolute atomic E-state index is 0.617. The third-order valence-electron chi connectivity index (χ3n) is 4.24. The van der Waals surface area contributed by atoms with Crippen molar-refractivity contribution in [3.05, 3.63) is 35.9 Å². The van der Waals surface area contributed by atoms with Crippen LogP contribution in [-0.2, 0) is 6.42 Å². The first kappa shape index (κ1) is 14.5. The second kappa shape index (κ2) is 7.06. The first-order valence-corrected chi connectivity index (χ1v) is 7.73. The molecular formula is C17H28N2. The number of benzene rings is 1. The molecule has 3 unspecified atom stereocenters. The number of nitrogens with one attached hydrogen (secondary N) is 1. The van der Waals surface area contributed by atoms with Crippen molar-refractivity contribution in [1.29, 1.82) is 0 Å². The molecule has 0 radical (unpaired) electrons. The van der Waals surface area contributed by atoms with Gasteiger partial charge in [0.2, 0.25) is 0 Å². The highest BCUT2D eigenvalue weighted by molar-refractivity contribution is 5.16. The molecule has 2 nitrogen and oxygen atoms in total. The lowest BCUT2D eigenvalue weighted by Crippen LogP contribution is -2.58. The van der Waals surface area contributed by atoms with Gasteiger partial charge < -0.3 is 5.32 Å². The van der Waals surface area contributed by atoms with Crippen LogP contribution in [0.25, 0.3) is 0 Å². The zero-order chi connectivity index (χ0) is 13.7. The fourth-order valence-electron chi connectivity index (χ4n) is 3.18. The van der Waals surface area contributed by atoms with E-state index >= 15 is 0 Å². The van der Waals surface area contributed by atoms with E-state index in [1.54, 1.807) is 0 Å². The summed E-state index contributed by atoms with van der Waals surface area (Å²) >= 11 is 0. The fourth-order valence-corrected chi connectivity index (χ4v) is 3.18. The summed E-state index contributed by atoms with van der Waals surface area (Å²) in [6.45, 7) is 9.26. The maximum absolute atomic E-state index is 3.64. The molecule has 19 heavy (non-hydrogen) atoms. The highest BCUT2D eigenvalue weighted by Gasteiger charge is 2.28. The standard InChI is InChI=1S/C17H28N2/c1-4-8-15(3)19-13-14(2)18-12-17(19)11-16-9-6-5-7-10-16/h5-7,9-10,14-15,17-18H,4,8,11-13H2,1-3H3. The number of hydrogen-bond donors (Lipinski definition) is 1. The van der Waals surface area contributed by atoms with Crippen molar-refractivity contribution in [2.45, 2.75) is 58.2 Å². The molecule has 3 atom stereocenters. The highest BCUT2D eigenvalue weighted by atomic mass is 15.2. The van der Waals surface area contributed by atoms with E-state index in [2.05, 4.69) is 61.3 Å². The van der Waals surface area contributed by atoms with Crippen LogP contribution in [-0.4, -0.2) is 36.1 Å². The van der Waals surface area contributed by atoms with Crippen molar-refractivity contribution in [3.8, 4) is 0 Å². The Balaban J connectivity index is 2.03. The van der Waals surface area contributed by atoms with Gasteiger partial charge in [0.25, 0.3) is 0 Å². The molecule has 1 heterocycles. The normalized spacial score (nSPS) is 26.3. The van der Waals surface area contributed by atoms with Crippen LogP contribution >= 0.6 is 0 Å². The maximum atomic E-state index is 3.64. The lowest BCUT2D eigenvalue weighted by Gasteiger charge is -2.43.